The first-order valence-electron chi connectivity index (χ1n) is 12.0. The molecule has 196 valence electrons. The summed E-state index contributed by atoms with van der Waals surface area (Å²) in [6.45, 7) is 0.329. The monoisotopic (exact) mass is 539 g/mol. The van der Waals surface area contributed by atoms with Crippen molar-refractivity contribution in [2.24, 2.45) is 5.73 Å². The molecule has 0 fully saturated rings. The highest BCUT2D eigenvalue weighted by atomic mass is 32.2. The Morgan fingerprint density at radius 1 is 0.872 bits per heavy atom. The van der Waals surface area contributed by atoms with Gasteiger partial charge in [0.1, 0.15) is 0 Å². The predicted molar refractivity (Wildman–Crippen MR) is 150 cm³/mol. The number of sulfonamides is 1. The molecule has 0 saturated heterocycles. The van der Waals surface area contributed by atoms with Crippen LogP contribution in [0.2, 0.25) is 0 Å². The summed E-state index contributed by atoms with van der Waals surface area (Å²) < 4.78 is 29.2. The van der Waals surface area contributed by atoms with Gasteiger partial charge in [-0.1, -0.05) is 48.5 Å². The summed E-state index contributed by atoms with van der Waals surface area (Å²) in [5, 5.41) is 8.05. The molecule has 0 radical (unpaired) electrons. The van der Waals surface area contributed by atoms with E-state index < -0.39 is 21.8 Å². The Morgan fingerprint density at radius 2 is 1.51 bits per heavy atom. The van der Waals surface area contributed by atoms with Crippen LogP contribution >= 0.6 is 0 Å². The molecule has 0 spiro atoms. The average molecular weight is 540 g/mol. The largest absolute Gasteiger partial charge is 0.366 e. The van der Waals surface area contributed by atoms with Crippen LogP contribution in [0, 0.1) is 0 Å². The van der Waals surface area contributed by atoms with Crippen LogP contribution in [0.3, 0.4) is 0 Å². The highest BCUT2D eigenvalue weighted by Gasteiger charge is 2.22. The maximum Gasteiger partial charge on any atom is 0.276 e. The average Bonchev–Trinajstić information content (AvgIpc) is 3.32. The Hall–Kier alpha value is -4.96. The molecule has 0 atom stereocenters. The second-order valence-electron chi connectivity index (χ2n) is 8.87. The molecule has 5 aromatic rings. The molecule has 4 aromatic carbocycles. The van der Waals surface area contributed by atoms with Crippen molar-refractivity contribution in [2.75, 3.05) is 16.7 Å². The molecule has 0 aliphatic carbocycles. The van der Waals surface area contributed by atoms with E-state index >= 15 is 0 Å². The Balaban J connectivity index is 1.38. The minimum Gasteiger partial charge on any atom is -0.366 e. The van der Waals surface area contributed by atoms with Crippen molar-refractivity contribution in [3.63, 3.8) is 0 Å². The number of carbonyl (C=O) groups is 2. The maximum atomic E-state index is 13.1. The van der Waals surface area contributed by atoms with Crippen molar-refractivity contribution in [1.29, 1.82) is 0 Å². The number of hydrogen-bond acceptors (Lipinski definition) is 5. The van der Waals surface area contributed by atoms with Gasteiger partial charge in [0, 0.05) is 23.7 Å². The van der Waals surface area contributed by atoms with Crippen LogP contribution in [0.5, 0.6) is 0 Å². The molecule has 0 bridgehead atoms. The van der Waals surface area contributed by atoms with E-state index in [1.807, 2.05) is 30.3 Å². The summed E-state index contributed by atoms with van der Waals surface area (Å²) in [6.07, 6.45) is 0. The third kappa shape index (κ3) is 5.23. The van der Waals surface area contributed by atoms with Gasteiger partial charge in [0.05, 0.1) is 22.6 Å². The van der Waals surface area contributed by atoms with Crippen LogP contribution in [0.25, 0.3) is 10.9 Å². The molecular formula is C29H25N5O4S. The Kier molecular flexibility index (Phi) is 6.86. The van der Waals surface area contributed by atoms with E-state index in [0.717, 1.165) is 11.1 Å². The van der Waals surface area contributed by atoms with Gasteiger partial charge >= 0.3 is 0 Å². The Morgan fingerprint density at radius 3 is 2.18 bits per heavy atom. The molecular weight excluding hydrogens is 514 g/mol. The van der Waals surface area contributed by atoms with E-state index in [-0.39, 0.29) is 10.6 Å². The zero-order valence-electron chi connectivity index (χ0n) is 21.0. The van der Waals surface area contributed by atoms with E-state index in [0.29, 0.717) is 28.9 Å². The summed E-state index contributed by atoms with van der Waals surface area (Å²) in [5.74, 6) is -0.950. The number of hydrogen-bond donors (Lipinski definition) is 2. The van der Waals surface area contributed by atoms with Crippen LogP contribution in [0.1, 0.15) is 26.4 Å². The molecule has 1 aromatic heterocycles. The van der Waals surface area contributed by atoms with E-state index in [1.165, 1.54) is 23.5 Å². The first-order valence-corrected chi connectivity index (χ1v) is 13.5. The van der Waals surface area contributed by atoms with Crippen molar-refractivity contribution in [3.8, 4) is 0 Å². The van der Waals surface area contributed by atoms with Crippen LogP contribution in [-0.4, -0.2) is 37.1 Å². The fraction of sp³-hybridized carbons (Fsp3) is 0.0690. The third-order valence-electron chi connectivity index (χ3n) is 6.33. The van der Waals surface area contributed by atoms with Crippen molar-refractivity contribution in [1.82, 2.24) is 9.78 Å². The number of primary amides is 1. The van der Waals surface area contributed by atoms with Gasteiger partial charge in [0.15, 0.2) is 5.69 Å². The highest BCUT2D eigenvalue weighted by molar-refractivity contribution is 7.92. The summed E-state index contributed by atoms with van der Waals surface area (Å²) in [6, 6.07) is 29.1. The van der Waals surface area contributed by atoms with Crippen LogP contribution in [-0.2, 0) is 16.6 Å². The normalized spacial score (nSPS) is 11.3. The molecule has 0 saturated carbocycles. The van der Waals surface area contributed by atoms with Gasteiger partial charge in [0.2, 0.25) is 5.91 Å². The van der Waals surface area contributed by atoms with Crippen molar-refractivity contribution < 1.29 is 18.0 Å². The van der Waals surface area contributed by atoms with Crippen LogP contribution in [0.4, 0.5) is 11.4 Å². The van der Waals surface area contributed by atoms with Crippen molar-refractivity contribution >= 4 is 44.1 Å². The molecule has 0 unspecified atom stereocenters. The molecule has 3 N–H and O–H groups in total. The summed E-state index contributed by atoms with van der Waals surface area (Å²) in [7, 11) is -2.21. The fourth-order valence-electron chi connectivity index (χ4n) is 4.20. The number of carbonyl (C=O) groups excluding carboxylic acids is 2. The number of nitrogens with one attached hydrogen (secondary N) is 1. The number of benzene rings is 4. The number of anilines is 2. The number of nitrogens with two attached hydrogens (primary N) is 1. The number of fused-ring (bicyclic) bond motifs is 1. The zero-order chi connectivity index (χ0) is 27.6. The van der Waals surface area contributed by atoms with Gasteiger partial charge in [-0.2, -0.15) is 5.10 Å². The van der Waals surface area contributed by atoms with Gasteiger partial charge in [0.25, 0.3) is 15.9 Å². The second kappa shape index (κ2) is 10.4. The molecule has 5 rings (SSSR count). The van der Waals surface area contributed by atoms with Gasteiger partial charge < -0.3 is 11.1 Å². The van der Waals surface area contributed by atoms with Crippen LogP contribution in [0.15, 0.2) is 108 Å². The fourth-order valence-corrected chi connectivity index (χ4v) is 5.39. The van der Waals surface area contributed by atoms with E-state index in [9.17, 15) is 18.0 Å². The van der Waals surface area contributed by atoms with E-state index in [1.54, 1.807) is 65.3 Å². The Labute approximate surface area is 225 Å². The summed E-state index contributed by atoms with van der Waals surface area (Å²) >= 11 is 0. The van der Waals surface area contributed by atoms with Gasteiger partial charge in [-0.3, -0.25) is 18.6 Å². The van der Waals surface area contributed by atoms with E-state index in [2.05, 4.69) is 10.4 Å². The number of nitrogens with zero attached hydrogens (tertiary/aromatic N) is 3. The van der Waals surface area contributed by atoms with E-state index in [4.69, 9.17) is 5.73 Å². The minimum atomic E-state index is -3.73. The molecule has 0 aliphatic rings. The maximum absolute atomic E-state index is 13.1. The number of rotatable bonds is 8. The third-order valence-corrected chi connectivity index (χ3v) is 8.13. The molecule has 1 heterocycles. The summed E-state index contributed by atoms with van der Waals surface area (Å²) in [4.78, 5) is 24.6. The molecule has 2 amide bonds. The van der Waals surface area contributed by atoms with Gasteiger partial charge in [-0.05, 0) is 60.2 Å². The Bertz CT molecular complexity index is 1760. The predicted octanol–water partition coefficient (Wildman–Crippen LogP) is 4.26. The molecule has 0 aliphatic heterocycles. The first kappa shape index (κ1) is 25.7. The molecule has 39 heavy (non-hydrogen) atoms. The quantitative estimate of drug-likeness (QED) is 0.305. The lowest BCUT2D eigenvalue weighted by atomic mass is 10.1. The number of aromatic nitrogens is 2. The first-order chi connectivity index (χ1) is 18.7. The minimum absolute atomic E-state index is 0.172. The zero-order valence-corrected chi connectivity index (χ0v) is 21.8. The van der Waals surface area contributed by atoms with Crippen molar-refractivity contribution in [2.45, 2.75) is 11.4 Å². The number of para-hydroxylation sites is 2. The van der Waals surface area contributed by atoms with Gasteiger partial charge in [-0.25, -0.2) is 8.42 Å². The lowest BCUT2D eigenvalue weighted by Gasteiger charge is -2.19. The molecule has 9 nitrogen and oxygen atoms in total. The van der Waals surface area contributed by atoms with Crippen LogP contribution < -0.4 is 15.4 Å². The van der Waals surface area contributed by atoms with Gasteiger partial charge in [-0.15, -0.1) is 0 Å². The smallest absolute Gasteiger partial charge is 0.276 e. The SMILES string of the molecule is CN(c1ccccc1)S(=O)(=O)c1ccc(Cn2nc(C(=O)Nc3ccc(C(N)=O)cc3)c3ccccc32)cc1. The number of amides is 2. The topological polar surface area (TPSA) is 127 Å². The standard InChI is InChI=1S/C29H25N5O4S/c1-33(23-7-3-2-4-8-23)39(37,38)24-17-11-20(12-18-24)19-34-26-10-6-5-9-25(26)27(32-34)29(36)31-22-15-13-21(14-16-22)28(30)35/h2-18H,19H2,1H3,(H2,30,35)(H,31,36). The van der Waals surface area contributed by atoms with Crippen molar-refractivity contribution in [3.05, 3.63) is 120 Å². The highest BCUT2D eigenvalue weighted by Crippen LogP contribution is 2.24. The lowest BCUT2D eigenvalue weighted by Crippen LogP contribution is -2.26. The second-order valence-corrected chi connectivity index (χ2v) is 10.8. The summed E-state index contributed by atoms with van der Waals surface area (Å²) in [5.41, 5.74) is 8.51. The lowest BCUT2D eigenvalue weighted by molar-refractivity contribution is 0.0998. The molecule has 10 heteroatoms.